The molecular formula is C12H18BrN. The summed E-state index contributed by atoms with van der Waals surface area (Å²) in [6.07, 6.45) is 3.75. The number of nitrogens with zero attached hydrogens (tertiary/aromatic N) is 1. The average Bonchev–Trinajstić information content (AvgIpc) is 2.15. The van der Waals surface area contributed by atoms with Crippen molar-refractivity contribution in [3.8, 4) is 0 Å². The van der Waals surface area contributed by atoms with Crippen LogP contribution in [0.2, 0.25) is 0 Å². The lowest BCUT2D eigenvalue weighted by Crippen LogP contribution is -2.12. The first-order chi connectivity index (χ1) is 6.68. The molecule has 0 saturated heterocycles. The number of rotatable bonds is 5. The molecule has 1 aromatic carbocycles. The zero-order chi connectivity index (χ0) is 10.4. The smallest absolute Gasteiger partial charge is 0.0175 e. The SMILES string of the molecule is CN(C)CCCCc1ccc(Br)cc1. The number of benzene rings is 1. The van der Waals surface area contributed by atoms with E-state index < -0.39 is 0 Å². The Kier molecular flexibility index (Phi) is 5.20. The third kappa shape index (κ3) is 4.77. The molecule has 0 heterocycles. The van der Waals surface area contributed by atoms with Crippen LogP contribution >= 0.6 is 15.9 Å². The van der Waals surface area contributed by atoms with Crippen molar-refractivity contribution in [1.29, 1.82) is 0 Å². The van der Waals surface area contributed by atoms with Crippen molar-refractivity contribution < 1.29 is 0 Å². The Morgan fingerprint density at radius 3 is 2.29 bits per heavy atom. The van der Waals surface area contributed by atoms with Gasteiger partial charge in [-0.15, -0.1) is 0 Å². The molecule has 0 radical (unpaired) electrons. The molecular weight excluding hydrogens is 238 g/mol. The molecule has 0 atom stereocenters. The molecule has 2 heteroatoms. The summed E-state index contributed by atoms with van der Waals surface area (Å²) in [4.78, 5) is 2.24. The van der Waals surface area contributed by atoms with Crippen molar-refractivity contribution in [2.75, 3.05) is 20.6 Å². The summed E-state index contributed by atoms with van der Waals surface area (Å²) in [5.74, 6) is 0. The van der Waals surface area contributed by atoms with E-state index in [4.69, 9.17) is 0 Å². The second-order valence-electron chi connectivity index (χ2n) is 3.89. The number of aryl methyl sites for hydroxylation is 1. The van der Waals surface area contributed by atoms with Crippen molar-refractivity contribution >= 4 is 15.9 Å². The van der Waals surface area contributed by atoms with Crippen molar-refractivity contribution in [3.63, 3.8) is 0 Å². The Morgan fingerprint density at radius 1 is 1.07 bits per heavy atom. The first-order valence-electron chi connectivity index (χ1n) is 5.07. The zero-order valence-corrected chi connectivity index (χ0v) is 10.5. The van der Waals surface area contributed by atoms with E-state index in [9.17, 15) is 0 Å². The highest BCUT2D eigenvalue weighted by Crippen LogP contribution is 2.12. The quantitative estimate of drug-likeness (QED) is 0.730. The lowest BCUT2D eigenvalue weighted by Gasteiger charge is -2.08. The molecule has 0 aliphatic heterocycles. The molecule has 0 aliphatic carbocycles. The molecule has 0 aromatic heterocycles. The van der Waals surface area contributed by atoms with Crippen LogP contribution in [-0.4, -0.2) is 25.5 Å². The van der Waals surface area contributed by atoms with E-state index >= 15 is 0 Å². The Balaban J connectivity index is 2.21. The van der Waals surface area contributed by atoms with Crippen molar-refractivity contribution in [3.05, 3.63) is 34.3 Å². The van der Waals surface area contributed by atoms with Gasteiger partial charge in [-0.05, 0) is 57.6 Å². The van der Waals surface area contributed by atoms with Gasteiger partial charge in [0.05, 0.1) is 0 Å². The van der Waals surface area contributed by atoms with Gasteiger partial charge in [0, 0.05) is 4.47 Å². The van der Waals surface area contributed by atoms with Gasteiger partial charge < -0.3 is 4.90 Å². The van der Waals surface area contributed by atoms with Gasteiger partial charge in [0.1, 0.15) is 0 Å². The maximum absolute atomic E-state index is 3.44. The Hall–Kier alpha value is -0.340. The summed E-state index contributed by atoms with van der Waals surface area (Å²) in [6.45, 7) is 1.19. The molecule has 14 heavy (non-hydrogen) atoms. The molecule has 0 bridgehead atoms. The van der Waals surface area contributed by atoms with E-state index in [1.54, 1.807) is 0 Å². The van der Waals surface area contributed by atoms with E-state index in [1.165, 1.54) is 31.4 Å². The minimum absolute atomic E-state index is 1.16. The highest BCUT2D eigenvalue weighted by molar-refractivity contribution is 9.10. The number of halogens is 1. The molecule has 0 fully saturated rings. The molecule has 1 rings (SSSR count). The number of unbranched alkanes of at least 4 members (excludes halogenated alkanes) is 1. The Bertz CT molecular complexity index is 254. The summed E-state index contributed by atoms with van der Waals surface area (Å²) in [5.41, 5.74) is 1.44. The van der Waals surface area contributed by atoms with Gasteiger partial charge in [-0.3, -0.25) is 0 Å². The van der Waals surface area contributed by atoms with Gasteiger partial charge in [-0.25, -0.2) is 0 Å². The molecule has 0 amide bonds. The van der Waals surface area contributed by atoms with Crippen LogP contribution in [0.5, 0.6) is 0 Å². The first kappa shape index (κ1) is 11.7. The lowest BCUT2D eigenvalue weighted by atomic mass is 10.1. The number of hydrogen-bond acceptors (Lipinski definition) is 1. The maximum atomic E-state index is 3.44. The number of hydrogen-bond donors (Lipinski definition) is 0. The maximum Gasteiger partial charge on any atom is 0.0175 e. The third-order valence-electron chi connectivity index (χ3n) is 2.23. The second kappa shape index (κ2) is 6.20. The minimum atomic E-state index is 1.16. The second-order valence-corrected chi connectivity index (χ2v) is 4.80. The van der Waals surface area contributed by atoms with E-state index in [0.29, 0.717) is 0 Å². The van der Waals surface area contributed by atoms with Crippen molar-refractivity contribution in [2.24, 2.45) is 0 Å². The summed E-state index contributed by atoms with van der Waals surface area (Å²) in [5, 5.41) is 0. The molecule has 1 nitrogen and oxygen atoms in total. The molecule has 0 spiro atoms. The van der Waals surface area contributed by atoms with E-state index in [-0.39, 0.29) is 0 Å². The fourth-order valence-corrected chi connectivity index (χ4v) is 1.67. The molecule has 0 aliphatic rings. The fourth-order valence-electron chi connectivity index (χ4n) is 1.41. The predicted molar refractivity (Wildman–Crippen MR) is 65.6 cm³/mol. The largest absolute Gasteiger partial charge is 0.309 e. The monoisotopic (exact) mass is 255 g/mol. The summed E-state index contributed by atoms with van der Waals surface area (Å²) in [7, 11) is 4.25. The van der Waals surface area contributed by atoms with E-state index in [1.807, 2.05) is 0 Å². The highest BCUT2D eigenvalue weighted by atomic mass is 79.9. The van der Waals surface area contributed by atoms with Gasteiger partial charge in [0.25, 0.3) is 0 Å². The van der Waals surface area contributed by atoms with E-state index in [2.05, 4.69) is 59.2 Å². The Labute approximate surface area is 95.2 Å². The first-order valence-corrected chi connectivity index (χ1v) is 5.87. The van der Waals surface area contributed by atoms with Crippen LogP contribution in [0, 0.1) is 0 Å². The Morgan fingerprint density at radius 2 is 1.71 bits per heavy atom. The van der Waals surface area contributed by atoms with Crippen LogP contribution in [0.1, 0.15) is 18.4 Å². The standard InChI is InChI=1S/C12H18BrN/c1-14(2)10-4-3-5-11-6-8-12(13)9-7-11/h6-9H,3-5,10H2,1-2H3. The van der Waals surface area contributed by atoms with Gasteiger partial charge in [-0.2, -0.15) is 0 Å². The highest BCUT2D eigenvalue weighted by Gasteiger charge is 1.94. The van der Waals surface area contributed by atoms with E-state index in [0.717, 1.165) is 4.47 Å². The van der Waals surface area contributed by atoms with Gasteiger partial charge >= 0.3 is 0 Å². The minimum Gasteiger partial charge on any atom is -0.309 e. The fraction of sp³-hybridized carbons (Fsp3) is 0.500. The zero-order valence-electron chi connectivity index (χ0n) is 8.96. The molecule has 78 valence electrons. The van der Waals surface area contributed by atoms with Gasteiger partial charge in [0.15, 0.2) is 0 Å². The van der Waals surface area contributed by atoms with Crippen LogP contribution < -0.4 is 0 Å². The van der Waals surface area contributed by atoms with Gasteiger partial charge in [-0.1, -0.05) is 28.1 Å². The van der Waals surface area contributed by atoms with Crippen molar-refractivity contribution in [2.45, 2.75) is 19.3 Å². The summed E-state index contributed by atoms with van der Waals surface area (Å²) < 4.78 is 1.16. The normalized spacial score (nSPS) is 10.9. The average molecular weight is 256 g/mol. The third-order valence-corrected chi connectivity index (χ3v) is 2.76. The molecule has 0 unspecified atom stereocenters. The van der Waals surface area contributed by atoms with Crippen LogP contribution in [0.4, 0.5) is 0 Å². The lowest BCUT2D eigenvalue weighted by molar-refractivity contribution is 0.394. The topological polar surface area (TPSA) is 3.24 Å². The molecule has 0 saturated carbocycles. The molecule has 0 N–H and O–H groups in total. The van der Waals surface area contributed by atoms with Crippen molar-refractivity contribution in [1.82, 2.24) is 4.90 Å². The van der Waals surface area contributed by atoms with Gasteiger partial charge in [0.2, 0.25) is 0 Å². The van der Waals surface area contributed by atoms with Crippen LogP contribution in [0.15, 0.2) is 28.7 Å². The summed E-state index contributed by atoms with van der Waals surface area (Å²) in [6, 6.07) is 8.61. The summed E-state index contributed by atoms with van der Waals surface area (Å²) >= 11 is 3.44. The van der Waals surface area contributed by atoms with Crippen LogP contribution in [-0.2, 0) is 6.42 Å². The predicted octanol–water partition coefficient (Wildman–Crippen LogP) is 3.33. The molecule has 1 aromatic rings. The van der Waals surface area contributed by atoms with Crippen LogP contribution in [0.25, 0.3) is 0 Å². The van der Waals surface area contributed by atoms with Crippen LogP contribution in [0.3, 0.4) is 0 Å².